The first-order chi connectivity index (χ1) is 15.0. The Morgan fingerprint density at radius 3 is 2.45 bits per heavy atom. The van der Waals surface area contributed by atoms with E-state index in [9.17, 15) is 4.79 Å². The van der Waals surface area contributed by atoms with Gasteiger partial charge >= 0.3 is 5.97 Å². The molecule has 2 aromatic rings. The summed E-state index contributed by atoms with van der Waals surface area (Å²) in [4.78, 5) is 13.1. The van der Waals surface area contributed by atoms with Crippen LogP contribution in [0.25, 0.3) is 17.2 Å². The van der Waals surface area contributed by atoms with Crippen molar-refractivity contribution < 1.29 is 24.1 Å². The number of ether oxygens (including phenoxy) is 3. The highest BCUT2D eigenvalue weighted by Crippen LogP contribution is 2.29. The van der Waals surface area contributed by atoms with E-state index in [2.05, 4.69) is 6.92 Å². The number of carboxylic acid groups (broad SMARTS) is 1. The van der Waals surface area contributed by atoms with E-state index in [1.54, 1.807) is 13.2 Å². The molecule has 168 valence electrons. The normalized spacial score (nSPS) is 11.1. The maximum Gasteiger partial charge on any atom is 0.328 e. The van der Waals surface area contributed by atoms with Crippen LogP contribution in [0.15, 0.2) is 48.5 Å². The van der Waals surface area contributed by atoms with Crippen LogP contribution in [0.1, 0.15) is 25.3 Å². The van der Waals surface area contributed by atoms with Crippen molar-refractivity contribution >= 4 is 17.7 Å². The molecule has 2 rings (SSSR count). The summed E-state index contributed by atoms with van der Waals surface area (Å²) in [5.41, 5.74) is 3.82. The fourth-order valence-electron chi connectivity index (χ4n) is 3.04. The van der Waals surface area contributed by atoms with E-state index in [0.29, 0.717) is 26.4 Å². The molecule has 0 aliphatic rings. The molecule has 0 heterocycles. The number of hydrogen-bond donors (Lipinski definition) is 1. The molecule has 0 aliphatic carbocycles. The first-order valence-corrected chi connectivity index (χ1v) is 10.6. The smallest absolute Gasteiger partial charge is 0.328 e. The fraction of sp³-hybridized carbons (Fsp3) is 0.400. The summed E-state index contributed by atoms with van der Waals surface area (Å²) in [6.07, 6.45) is 4.98. The zero-order valence-electron chi connectivity index (χ0n) is 18.7. The standard InChI is InChI=1S/C25H33NO5/c1-4-5-15-30-17-18-31-23-10-6-20(7-11-23)21-8-12-24(26(2)14-16-29-3)22(19-21)9-13-25(27)28/h6-13,19H,4-5,14-18H2,1-3H3,(H,27,28). The van der Waals surface area contributed by atoms with E-state index in [1.165, 1.54) is 0 Å². The Bertz CT molecular complexity index is 832. The largest absolute Gasteiger partial charge is 0.491 e. The Hall–Kier alpha value is -2.83. The number of nitrogens with zero attached hydrogens (tertiary/aromatic N) is 1. The van der Waals surface area contributed by atoms with Gasteiger partial charge in [-0.3, -0.25) is 0 Å². The lowest BCUT2D eigenvalue weighted by Crippen LogP contribution is -2.22. The van der Waals surface area contributed by atoms with Gasteiger partial charge in [-0.05, 0) is 53.5 Å². The van der Waals surface area contributed by atoms with Gasteiger partial charge in [0.2, 0.25) is 0 Å². The summed E-state index contributed by atoms with van der Waals surface area (Å²) in [6.45, 7) is 5.31. The molecule has 1 N–H and O–H groups in total. The SMILES string of the molecule is CCCCOCCOc1ccc(-c2ccc(N(C)CCOC)c(C=CC(=O)O)c2)cc1. The van der Waals surface area contributed by atoms with Crippen LogP contribution >= 0.6 is 0 Å². The number of anilines is 1. The van der Waals surface area contributed by atoms with Crippen molar-refractivity contribution in [3.05, 3.63) is 54.1 Å². The van der Waals surface area contributed by atoms with Crippen LogP contribution in [0.5, 0.6) is 5.75 Å². The van der Waals surface area contributed by atoms with Crippen molar-refractivity contribution in [3.8, 4) is 16.9 Å². The maximum atomic E-state index is 11.0. The van der Waals surface area contributed by atoms with Crippen molar-refractivity contribution in [3.63, 3.8) is 0 Å². The molecule has 2 aromatic carbocycles. The molecule has 0 aliphatic heterocycles. The number of unbranched alkanes of at least 4 members (excludes halogenated alkanes) is 1. The molecule has 0 bridgehead atoms. The quantitative estimate of drug-likeness (QED) is 0.347. The Morgan fingerprint density at radius 2 is 1.77 bits per heavy atom. The molecule has 0 spiro atoms. The van der Waals surface area contributed by atoms with Crippen molar-refractivity contribution in [1.82, 2.24) is 0 Å². The molecule has 31 heavy (non-hydrogen) atoms. The summed E-state index contributed by atoms with van der Waals surface area (Å²) in [7, 11) is 3.62. The van der Waals surface area contributed by atoms with Crippen molar-refractivity contribution in [2.45, 2.75) is 19.8 Å². The maximum absolute atomic E-state index is 11.0. The van der Waals surface area contributed by atoms with E-state index >= 15 is 0 Å². The zero-order chi connectivity index (χ0) is 22.5. The predicted molar refractivity (Wildman–Crippen MR) is 125 cm³/mol. The number of hydrogen-bond acceptors (Lipinski definition) is 5. The number of methoxy groups -OCH3 is 1. The van der Waals surface area contributed by atoms with Gasteiger partial charge < -0.3 is 24.2 Å². The van der Waals surface area contributed by atoms with Crippen molar-refractivity contribution in [2.75, 3.05) is 52.0 Å². The second kappa shape index (κ2) is 13.5. The molecule has 0 unspecified atom stereocenters. The third-order valence-corrected chi connectivity index (χ3v) is 4.80. The summed E-state index contributed by atoms with van der Waals surface area (Å²) < 4.78 is 16.4. The number of likely N-dealkylation sites (N-methyl/N-ethyl adjacent to an activating group) is 1. The lowest BCUT2D eigenvalue weighted by Gasteiger charge is -2.22. The van der Waals surface area contributed by atoms with Gasteiger partial charge in [0, 0.05) is 39.1 Å². The molecule has 0 aromatic heterocycles. The molecular weight excluding hydrogens is 394 g/mol. The topological polar surface area (TPSA) is 68.2 Å². The number of aliphatic carboxylic acids is 1. The Labute approximate surface area is 185 Å². The van der Waals surface area contributed by atoms with E-state index in [4.69, 9.17) is 19.3 Å². The second-order valence-corrected chi connectivity index (χ2v) is 7.20. The summed E-state index contributed by atoms with van der Waals surface area (Å²) in [6, 6.07) is 13.9. The second-order valence-electron chi connectivity index (χ2n) is 7.20. The first-order valence-electron chi connectivity index (χ1n) is 10.6. The Morgan fingerprint density at radius 1 is 1.03 bits per heavy atom. The molecule has 0 saturated heterocycles. The van der Waals surface area contributed by atoms with E-state index in [1.807, 2.05) is 54.4 Å². The van der Waals surface area contributed by atoms with Crippen LogP contribution in [0.4, 0.5) is 5.69 Å². The van der Waals surface area contributed by atoms with Gasteiger partial charge in [0.05, 0.1) is 13.2 Å². The van der Waals surface area contributed by atoms with Crippen LogP contribution in [-0.4, -0.2) is 58.2 Å². The van der Waals surface area contributed by atoms with Gasteiger partial charge in [0.15, 0.2) is 0 Å². The van der Waals surface area contributed by atoms with Gasteiger partial charge in [-0.1, -0.05) is 31.5 Å². The van der Waals surface area contributed by atoms with Crippen LogP contribution in [0.3, 0.4) is 0 Å². The van der Waals surface area contributed by atoms with E-state index < -0.39 is 5.97 Å². The monoisotopic (exact) mass is 427 g/mol. The van der Waals surface area contributed by atoms with E-state index in [0.717, 1.165) is 53.7 Å². The Kier molecular flexibility index (Phi) is 10.6. The fourth-order valence-corrected chi connectivity index (χ4v) is 3.04. The third-order valence-electron chi connectivity index (χ3n) is 4.80. The molecule has 6 nitrogen and oxygen atoms in total. The van der Waals surface area contributed by atoms with Crippen LogP contribution in [0, 0.1) is 0 Å². The first kappa shape index (κ1) is 24.4. The number of rotatable bonds is 14. The minimum absolute atomic E-state index is 0.524. The number of benzene rings is 2. The molecular formula is C25H33NO5. The predicted octanol–water partition coefficient (Wildman–Crippen LogP) is 4.73. The number of carboxylic acids is 1. The van der Waals surface area contributed by atoms with Gasteiger partial charge in [-0.15, -0.1) is 0 Å². The average Bonchev–Trinajstić information content (AvgIpc) is 2.78. The van der Waals surface area contributed by atoms with E-state index in [-0.39, 0.29) is 0 Å². The van der Waals surface area contributed by atoms with Gasteiger partial charge in [-0.25, -0.2) is 4.79 Å². The molecule has 0 saturated carbocycles. The summed E-state index contributed by atoms with van der Waals surface area (Å²) >= 11 is 0. The van der Waals surface area contributed by atoms with Crippen molar-refractivity contribution in [2.24, 2.45) is 0 Å². The summed E-state index contributed by atoms with van der Waals surface area (Å²) in [5.74, 6) is -0.180. The lowest BCUT2D eigenvalue weighted by molar-refractivity contribution is -0.131. The zero-order valence-corrected chi connectivity index (χ0v) is 18.7. The van der Waals surface area contributed by atoms with Crippen molar-refractivity contribution in [1.29, 1.82) is 0 Å². The molecule has 6 heteroatoms. The highest BCUT2D eigenvalue weighted by atomic mass is 16.5. The van der Waals surface area contributed by atoms with Crippen LogP contribution in [0.2, 0.25) is 0 Å². The number of carbonyl (C=O) groups is 1. The van der Waals surface area contributed by atoms with Gasteiger partial charge in [-0.2, -0.15) is 0 Å². The van der Waals surface area contributed by atoms with Gasteiger partial charge in [0.1, 0.15) is 12.4 Å². The lowest BCUT2D eigenvalue weighted by atomic mass is 10.0. The minimum atomic E-state index is -0.976. The van der Waals surface area contributed by atoms with Crippen LogP contribution in [-0.2, 0) is 14.3 Å². The van der Waals surface area contributed by atoms with Crippen LogP contribution < -0.4 is 9.64 Å². The summed E-state index contributed by atoms with van der Waals surface area (Å²) in [5, 5.41) is 9.05. The Balaban J connectivity index is 2.10. The molecule has 0 radical (unpaired) electrons. The highest BCUT2D eigenvalue weighted by Gasteiger charge is 2.09. The minimum Gasteiger partial charge on any atom is -0.491 e. The molecule has 0 fully saturated rings. The van der Waals surface area contributed by atoms with Gasteiger partial charge in [0.25, 0.3) is 0 Å². The molecule has 0 atom stereocenters. The third kappa shape index (κ3) is 8.44. The molecule has 0 amide bonds. The average molecular weight is 428 g/mol. The highest BCUT2D eigenvalue weighted by molar-refractivity contribution is 5.88.